The van der Waals surface area contributed by atoms with Crippen LogP contribution in [0.3, 0.4) is 0 Å². The summed E-state index contributed by atoms with van der Waals surface area (Å²) in [6.07, 6.45) is 14.3. The molecule has 0 aromatic carbocycles. The molecule has 1 amide bonds. The first-order valence-electron chi connectivity index (χ1n) is 13.3. The van der Waals surface area contributed by atoms with E-state index in [-0.39, 0.29) is 29.3 Å². The molecule has 1 heterocycles. The number of fused-ring (bicyclic) bond motifs is 5. The van der Waals surface area contributed by atoms with Crippen LogP contribution in [0.2, 0.25) is 0 Å². The number of oxime groups is 1. The predicted octanol–water partition coefficient (Wildman–Crippen LogP) is 4.01. The van der Waals surface area contributed by atoms with Crippen molar-refractivity contribution >= 4 is 17.6 Å². The first-order chi connectivity index (χ1) is 16.6. The summed E-state index contributed by atoms with van der Waals surface area (Å²) in [6, 6.07) is -0.516. The highest BCUT2D eigenvalue weighted by molar-refractivity contribution is 6.05. The van der Waals surface area contributed by atoms with Gasteiger partial charge in [-0.2, -0.15) is 0 Å². The van der Waals surface area contributed by atoms with E-state index in [9.17, 15) is 14.7 Å². The first kappa shape index (κ1) is 24.5. The molecule has 1 saturated heterocycles. The first-order valence-corrected chi connectivity index (χ1v) is 13.3. The minimum Gasteiger partial charge on any atom is -0.467 e. The highest BCUT2D eigenvalue weighted by atomic mass is 16.6. The lowest BCUT2D eigenvalue weighted by atomic mass is 9.47. The zero-order valence-electron chi connectivity index (χ0n) is 21.6. The van der Waals surface area contributed by atoms with Gasteiger partial charge in [-0.25, -0.2) is 4.79 Å². The number of allylic oxidation sites excluding steroid dienone is 4. The molecule has 7 atom stereocenters. The molecule has 3 saturated carbocycles. The van der Waals surface area contributed by atoms with Crippen LogP contribution in [0.25, 0.3) is 0 Å². The van der Waals surface area contributed by atoms with E-state index in [0.717, 1.165) is 50.7 Å². The number of hydrogen-bond donors (Lipinski definition) is 1. The maximum atomic E-state index is 12.6. The fraction of sp³-hybridized carbons (Fsp3) is 0.750. The van der Waals surface area contributed by atoms with E-state index < -0.39 is 11.6 Å². The number of rotatable bonds is 4. The topological polar surface area (TPSA) is 88.4 Å². The van der Waals surface area contributed by atoms with Crippen LogP contribution in [-0.4, -0.2) is 59.5 Å². The molecule has 0 radical (unpaired) electrons. The molecule has 0 aromatic rings. The van der Waals surface area contributed by atoms with Gasteiger partial charge in [0.05, 0.1) is 12.7 Å². The molecule has 192 valence electrons. The van der Waals surface area contributed by atoms with Gasteiger partial charge in [0.25, 0.3) is 5.91 Å². The molecule has 1 aliphatic heterocycles. The maximum absolute atomic E-state index is 12.6. The average Bonchev–Trinajstić information content (AvgIpc) is 3.41. The van der Waals surface area contributed by atoms with E-state index in [0.29, 0.717) is 30.7 Å². The number of methoxy groups -OCH3 is 1. The summed E-state index contributed by atoms with van der Waals surface area (Å²) in [6.45, 7) is 7.10. The number of amides is 1. The van der Waals surface area contributed by atoms with E-state index in [1.807, 2.05) is 6.08 Å². The Bertz CT molecular complexity index is 984. The van der Waals surface area contributed by atoms with Crippen molar-refractivity contribution < 1.29 is 24.3 Å². The van der Waals surface area contributed by atoms with Gasteiger partial charge < -0.3 is 19.6 Å². The van der Waals surface area contributed by atoms with Crippen molar-refractivity contribution in [3.05, 3.63) is 23.8 Å². The van der Waals surface area contributed by atoms with Gasteiger partial charge in [-0.05, 0) is 93.6 Å². The summed E-state index contributed by atoms with van der Waals surface area (Å²) in [7, 11) is 1.35. The van der Waals surface area contributed by atoms with Crippen LogP contribution in [0.1, 0.15) is 72.1 Å². The van der Waals surface area contributed by atoms with Crippen LogP contribution in [0.5, 0.6) is 0 Å². The van der Waals surface area contributed by atoms with Crippen LogP contribution in [-0.2, 0) is 19.2 Å². The summed E-state index contributed by atoms with van der Waals surface area (Å²) in [5.74, 6) is 1.20. The third-order valence-corrected chi connectivity index (χ3v) is 10.5. The quantitative estimate of drug-likeness (QED) is 0.481. The van der Waals surface area contributed by atoms with Crippen LogP contribution < -0.4 is 0 Å². The third kappa shape index (κ3) is 3.85. The molecule has 4 fully saturated rings. The fourth-order valence-corrected chi connectivity index (χ4v) is 8.20. The van der Waals surface area contributed by atoms with Gasteiger partial charge in [-0.15, -0.1) is 0 Å². The Morgan fingerprint density at radius 3 is 2.69 bits per heavy atom. The zero-order chi connectivity index (χ0) is 25.0. The molecular formula is C28H40N2O5. The molecule has 7 nitrogen and oxygen atoms in total. The Labute approximate surface area is 208 Å². The highest BCUT2D eigenvalue weighted by Crippen LogP contribution is 2.66. The van der Waals surface area contributed by atoms with Gasteiger partial charge in [-0.1, -0.05) is 30.7 Å². The lowest BCUT2D eigenvalue weighted by Gasteiger charge is -2.58. The van der Waals surface area contributed by atoms with Crippen molar-refractivity contribution in [2.45, 2.75) is 83.8 Å². The lowest BCUT2D eigenvalue weighted by Crippen LogP contribution is -2.53. The van der Waals surface area contributed by atoms with Gasteiger partial charge in [0.2, 0.25) is 0 Å². The van der Waals surface area contributed by atoms with E-state index in [1.54, 1.807) is 0 Å². The largest absolute Gasteiger partial charge is 0.467 e. The third-order valence-electron chi connectivity index (χ3n) is 10.5. The molecule has 7 heteroatoms. The fourth-order valence-electron chi connectivity index (χ4n) is 8.20. The summed E-state index contributed by atoms with van der Waals surface area (Å²) >= 11 is 0. The molecule has 0 bridgehead atoms. The Balaban J connectivity index is 1.24. The normalized spacial score (nSPS) is 43.3. The van der Waals surface area contributed by atoms with Crippen molar-refractivity contribution in [3.63, 3.8) is 0 Å². The maximum Gasteiger partial charge on any atom is 0.328 e. The second-order valence-electron chi connectivity index (χ2n) is 12.0. The zero-order valence-corrected chi connectivity index (χ0v) is 21.6. The van der Waals surface area contributed by atoms with E-state index >= 15 is 0 Å². The van der Waals surface area contributed by atoms with Gasteiger partial charge in [-0.3, -0.25) is 4.79 Å². The summed E-state index contributed by atoms with van der Waals surface area (Å²) in [5.41, 5.74) is 1.62. The molecule has 1 N–H and O–H groups in total. The van der Waals surface area contributed by atoms with Crippen molar-refractivity contribution in [1.82, 2.24) is 4.90 Å². The summed E-state index contributed by atoms with van der Waals surface area (Å²) in [4.78, 5) is 31.5. The van der Waals surface area contributed by atoms with Crippen molar-refractivity contribution in [1.29, 1.82) is 0 Å². The molecule has 35 heavy (non-hydrogen) atoms. The minimum atomic E-state index is -0.553. The highest BCUT2D eigenvalue weighted by Gasteiger charge is 2.62. The number of carbonyl (C=O) groups excluding carboxylic acids is 2. The number of aliphatic hydroxyl groups is 1. The molecular weight excluding hydrogens is 444 g/mol. The Hall–Kier alpha value is -2.15. The lowest BCUT2D eigenvalue weighted by molar-refractivity contribution is -0.152. The van der Waals surface area contributed by atoms with Crippen molar-refractivity contribution in [3.8, 4) is 0 Å². The molecule has 0 spiro atoms. The predicted molar refractivity (Wildman–Crippen MR) is 132 cm³/mol. The molecule has 0 aromatic heterocycles. The Kier molecular flexibility index (Phi) is 6.14. The van der Waals surface area contributed by atoms with E-state index in [2.05, 4.69) is 38.1 Å². The average molecular weight is 485 g/mol. The Morgan fingerprint density at radius 2 is 1.91 bits per heavy atom. The molecule has 0 unspecified atom stereocenters. The van der Waals surface area contributed by atoms with Crippen LogP contribution in [0, 0.1) is 28.6 Å². The van der Waals surface area contributed by atoms with Crippen LogP contribution in [0.15, 0.2) is 29.0 Å². The van der Waals surface area contributed by atoms with Crippen LogP contribution >= 0.6 is 0 Å². The van der Waals surface area contributed by atoms with E-state index in [4.69, 9.17) is 9.57 Å². The smallest absolute Gasteiger partial charge is 0.328 e. The van der Waals surface area contributed by atoms with Crippen LogP contribution in [0.4, 0.5) is 0 Å². The molecule has 4 aliphatic carbocycles. The van der Waals surface area contributed by atoms with E-state index in [1.165, 1.54) is 17.6 Å². The van der Waals surface area contributed by atoms with Gasteiger partial charge in [0.1, 0.15) is 11.8 Å². The molecule has 5 rings (SSSR count). The number of hydrogen-bond acceptors (Lipinski definition) is 6. The summed E-state index contributed by atoms with van der Waals surface area (Å²) < 4.78 is 4.82. The van der Waals surface area contributed by atoms with Crippen molar-refractivity contribution in [2.24, 2.45) is 33.7 Å². The summed E-state index contributed by atoms with van der Waals surface area (Å²) in [5, 5.41) is 15.4. The number of nitrogens with zero attached hydrogens (tertiary/aromatic N) is 2. The minimum absolute atomic E-state index is 0.0107. The van der Waals surface area contributed by atoms with Crippen molar-refractivity contribution in [2.75, 3.05) is 20.3 Å². The second-order valence-corrected chi connectivity index (χ2v) is 12.0. The second kappa shape index (κ2) is 8.75. The van der Waals surface area contributed by atoms with Gasteiger partial charge in [0, 0.05) is 12.0 Å². The monoisotopic (exact) mass is 484 g/mol. The van der Waals surface area contributed by atoms with Gasteiger partial charge in [0.15, 0.2) is 6.61 Å². The number of ether oxygens (including phenoxy) is 1. The number of carbonyl (C=O) groups is 2. The van der Waals surface area contributed by atoms with Gasteiger partial charge >= 0.3 is 5.97 Å². The Morgan fingerprint density at radius 1 is 1.14 bits per heavy atom. The molecule has 5 aliphatic rings. The standard InChI is InChI=1S/C28H40N2O5/c1-26-12-9-19(29-35-17-24(31)30-15-5-6-23(30)25(32)34-4)16-18(26)7-8-20-21(26)10-13-27(2)22(20)11-14-28(27,3)33/h9,12,16,20-23,33H,5-8,10-11,13-15,17H2,1-4H3/b29-19+/t20-,21+,22+,23-,26+,27+,28+/m1/s1. The number of esters is 1. The SMILES string of the molecule is COC(=O)[C@H]1CCCN1C(=O)CO/N=C1\C=C[C@@]2(C)C(=C1)CC[C@@H]1[C@@H]2CC[C@@]2(C)[C@H]1CC[C@]2(C)O. The number of likely N-dealkylation sites (tertiary alicyclic amines) is 1.